The van der Waals surface area contributed by atoms with Gasteiger partial charge in [0.15, 0.2) is 15.3 Å². The Bertz CT molecular complexity index is 1180. The molecule has 0 saturated carbocycles. The van der Waals surface area contributed by atoms with E-state index in [1.807, 2.05) is 0 Å². The number of hydrogen-bond acceptors (Lipinski definition) is 5. The highest BCUT2D eigenvalue weighted by atomic mass is 32.3. The van der Waals surface area contributed by atoms with Crippen LogP contribution < -0.4 is 4.72 Å². The molecule has 4 rings (SSSR count). The normalized spacial score (nSPS) is 16.2. The lowest BCUT2D eigenvalue weighted by Crippen LogP contribution is -2.48. The standard InChI is InChI=1S/C24H22N4O3S/c25-17-20-5-4-14-26-23(20)18-8-10-19(11-9-18)24(29)28-15-12-21(13-16-28)27-32(30,31)22-6-2-1-3-7-22/h1-11,14,21H,12-13,15-16H2,(H-,27,30,31). The number of amides is 1. The van der Waals surface area contributed by atoms with Crippen LogP contribution in [0, 0.1) is 11.3 Å². The quantitative estimate of drug-likeness (QED) is 0.604. The van der Waals surface area contributed by atoms with E-state index in [2.05, 4.69) is 15.8 Å². The number of pyridine rings is 1. The van der Waals surface area contributed by atoms with Crippen LogP contribution in [-0.2, 0) is 14.6 Å². The predicted octanol–water partition coefficient (Wildman–Crippen LogP) is 3.42. The molecule has 1 aliphatic heterocycles. The number of benzene rings is 2. The molecule has 1 aliphatic rings. The number of nitrogens with zero attached hydrogens (tertiary/aromatic N) is 3. The Morgan fingerprint density at radius 3 is 2.41 bits per heavy atom. The van der Waals surface area contributed by atoms with Gasteiger partial charge in [-0.05, 0) is 49.2 Å². The van der Waals surface area contributed by atoms with Crippen LogP contribution in [0.3, 0.4) is 0 Å². The van der Waals surface area contributed by atoms with Gasteiger partial charge >= 0.3 is 0 Å². The van der Waals surface area contributed by atoms with E-state index in [9.17, 15) is 18.8 Å². The summed E-state index contributed by atoms with van der Waals surface area (Å²) in [5.41, 5.74) is 2.38. The Kier molecular flexibility index (Phi) is 6.42. The summed E-state index contributed by atoms with van der Waals surface area (Å²) in [6.45, 7) is 0.947. The molecular weight excluding hydrogens is 424 g/mol. The van der Waals surface area contributed by atoms with Crippen LogP contribution in [0.15, 0.2) is 77.8 Å². The lowest BCUT2D eigenvalue weighted by molar-refractivity contribution is 0.0711. The molecule has 0 bridgehead atoms. The number of nitrogens with one attached hydrogen (secondary N) is 1. The third kappa shape index (κ3) is 4.75. The molecule has 1 aromatic heterocycles. The van der Waals surface area contributed by atoms with Crippen molar-refractivity contribution in [2.75, 3.05) is 13.1 Å². The van der Waals surface area contributed by atoms with E-state index in [1.165, 1.54) is 0 Å². The van der Waals surface area contributed by atoms with Crippen molar-refractivity contribution in [3.05, 3.63) is 84.1 Å². The summed E-state index contributed by atoms with van der Waals surface area (Å²) in [5.74, 6) is -0.0950. The van der Waals surface area contributed by atoms with Gasteiger partial charge in [0.05, 0.1) is 17.3 Å². The van der Waals surface area contributed by atoms with Crippen molar-refractivity contribution in [2.45, 2.75) is 23.8 Å². The minimum Gasteiger partial charge on any atom is -0.593 e. The SMILES string of the molecule is N#Cc1cccnc1-c1ccc(C(=O)N2CCC(N[S+](=O)([O-])c3ccccc3)CC2)cc1. The molecule has 1 amide bonds. The van der Waals surface area contributed by atoms with Crippen molar-refractivity contribution in [3.8, 4) is 17.3 Å². The number of sulfonamides is 1. The molecule has 8 heteroatoms. The summed E-state index contributed by atoms with van der Waals surface area (Å²) in [5, 5.41) is 9.26. The van der Waals surface area contributed by atoms with Gasteiger partial charge in [0.2, 0.25) is 0 Å². The molecule has 0 spiro atoms. The fraction of sp³-hybridized carbons (Fsp3) is 0.208. The Labute approximate surface area is 188 Å². The molecule has 1 saturated heterocycles. The highest BCUT2D eigenvalue weighted by Gasteiger charge is 2.30. The molecule has 3 aromatic rings. The Morgan fingerprint density at radius 2 is 1.75 bits per heavy atom. The van der Waals surface area contributed by atoms with Gasteiger partial charge < -0.3 is 9.45 Å². The maximum atomic E-state index is 12.9. The lowest BCUT2D eigenvalue weighted by atomic mass is 10.0. The van der Waals surface area contributed by atoms with Crippen molar-refractivity contribution < 1.29 is 13.6 Å². The van der Waals surface area contributed by atoms with Gasteiger partial charge in [-0.2, -0.15) is 5.26 Å². The molecule has 1 atom stereocenters. The summed E-state index contributed by atoms with van der Waals surface area (Å²) < 4.78 is 27.8. The topological polar surface area (TPSA) is 109 Å². The van der Waals surface area contributed by atoms with Crippen molar-refractivity contribution >= 4 is 16.3 Å². The summed E-state index contributed by atoms with van der Waals surface area (Å²) in [7, 11) is -3.57. The molecular formula is C24H22N4O3S. The average molecular weight is 447 g/mol. The number of likely N-dealkylation sites (tertiary alicyclic amines) is 1. The van der Waals surface area contributed by atoms with Gasteiger partial charge in [0.1, 0.15) is 6.07 Å². The molecule has 7 nitrogen and oxygen atoms in total. The molecule has 1 fully saturated rings. The summed E-state index contributed by atoms with van der Waals surface area (Å²) in [6.07, 6.45) is 2.73. The van der Waals surface area contributed by atoms with Crippen LogP contribution in [0.1, 0.15) is 28.8 Å². The van der Waals surface area contributed by atoms with E-state index in [4.69, 9.17) is 0 Å². The first-order chi connectivity index (χ1) is 15.5. The van der Waals surface area contributed by atoms with E-state index in [0.29, 0.717) is 42.8 Å². The first-order valence-corrected chi connectivity index (χ1v) is 11.8. The zero-order chi connectivity index (χ0) is 22.6. The molecule has 2 heterocycles. The zero-order valence-corrected chi connectivity index (χ0v) is 18.1. The van der Waals surface area contributed by atoms with E-state index in [1.54, 1.807) is 77.8 Å². The summed E-state index contributed by atoms with van der Waals surface area (Å²) >= 11 is 0. The van der Waals surface area contributed by atoms with E-state index >= 15 is 0 Å². The van der Waals surface area contributed by atoms with Crippen molar-refractivity contribution in [1.82, 2.24) is 14.6 Å². The van der Waals surface area contributed by atoms with E-state index in [-0.39, 0.29) is 16.8 Å². The number of carbonyl (C=O) groups excluding carboxylic acids is 1. The molecule has 1 N–H and O–H groups in total. The van der Waals surface area contributed by atoms with Crippen LogP contribution in [0.25, 0.3) is 11.3 Å². The smallest absolute Gasteiger partial charge is 0.253 e. The van der Waals surface area contributed by atoms with Crippen molar-refractivity contribution in [2.24, 2.45) is 0 Å². The van der Waals surface area contributed by atoms with Crippen LogP contribution in [0.5, 0.6) is 0 Å². The second-order valence-electron chi connectivity index (χ2n) is 7.59. The third-order valence-electron chi connectivity index (χ3n) is 5.49. The van der Waals surface area contributed by atoms with Gasteiger partial charge in [-0.1, -0.05) is 34.5 Å². The largest absolute Gasteiger partial charge is 0.593 e. The number of aromatic nitrogens is 1. The van der Waals surface area contributed by atoms with Crippen LogP contribution >= 0.6 is 0 Å². The number of rotatable bonds is 5. The van der Waals surface area contributed by atoms with Gasteiger partial charge in [-0.15, -0.1) is 4.72 Å². The summed E-state index contributed by atoms with van der Waals surface area (Å²) in [6, 6.07) is 20.7. The monoisotopic (exact) mass is 446 g/mol. The highest BCUT2D eigenvalue weighted by Crippen LogP contribution is 2.23. The highest BCUT2D eigenvalue weighted by molar-refractivity contribution is 7.95. The van der Waals surface area contributed by atoms with Crippen LogP contribution in [0.2, 0.25) is 0 Å². The molecule has 0 radical (unpaired) electrons. The fourth-order valence-corrected chi connectivity index (χ4v) is 5.09. The Morgan fingerprint density at radius 1 is 1.06 bits per heavy atom. The zero-order valence-electron chi connectivity index (χ0n) is 17.3. The van der Waals surface area contributed by atoms with Gasteiger partial charge in [0, 0.05) is 30.4 Å². The van der Waals surface area contributed by atoms with Crippen LogP contribution in [0.4, 0.5) is 0 Å². The first kappa shape index (κ1) is 21.8. The van der Waals surface area contributed by atoms with E-state index in [0.717, 1.165) is 5.56 Å². The summed E-state index contributed by atoms with van der Waals surface area (Å²) in [4.78, 5) is 19.2. The minimum atomic E-state index is -3.57. The average Bonchev–Trinajstić information content (AvgIpc) is 2.84. The van der Waals surface area contributed by atoms with E-state index < -0.39 is 10.4 Å². The number of nitriles is 1. The van der Waals surface area contributed by atoms with Gasteiger partial charge in [-0.3, -0.25) is 9.78 Å². The second-order valence-corrected chi connectivity index (χ2v) is 9.30. The molecule has 162 valence electrons. The third-order valence-corrected chi connectivity index (χ3v) is 7.03. The molecule has 1 unspecified atom stereocenters. The number of piperidine rings is 1. The molecule has 2 aromatic carbocycles. The maximum absolute atomic E-state index is 12.9. The predicted molar refractivity (Wildman–Crippen MR) is 120 cm³/mol. The Hall–Kier alpha value is -3.38. The van der Waals surface area contributed by atoms with Crippen LogP contribution in [-0.4, -0.2) is 39.5 Å². The van der Waals surface area contributed by atoms with Crippen molar-refractivity contribution in [1.29, 1.82) is 5.26 Å². The Balaban J connectivity index is 1.37. The number of hydrogen-bond donors (Lipinski definition) is 1. The first-order valence-electron chi connectivity index (χ1n) is 10.3. The fourth-order valence-electron chi connectivity index (χ4n) is 3.77. The second kappa shape index (κ2) is 9.40. The molecule has 0 aliphatic carbocycles. The van der Waals surface area contributed by atoms with Crippen molar-refractivity contribution in [3.63, 3.8) is 0 Å². The minimum absolute atomic E-state index is 0.0950. The molecule has 32 heavy (non-hydrogen) atoms. The van der Waals surface area contributed by atoms with Gasteiger partial charge in [-0.25, -0.2) is 0 Å². The van der Waals surface area contributed by atoms with Gasteiger partial charge in [0.25, 0.3) is 5.91 Å². The maximum Gasteiger partial charge on any atom is 0.253 e. The lowest BCUT2D eigenvalue weighted by Gasteiger charge is -2.33. The number of carbonyl (C=O) groups is 1.